The molecule has 0 amide bonds. The molecular weight excluding hydrogens is 236 g/mol. The maximum Gasteiger partial charge on any atom is 0.142 e. The van der Waals surface area contributed by atoms with Gasteiger partial charge in [-0.1, -0.05) is 24.3 Å². The second-order valence-electron chi connectivity index (χ2n) is 5.13. The van der Waals surface area contributed by atoms with Gasteiger partial charge in [0.25, 0.3) is 0 Å². The van der Waals surface area contributed by atoms with Crippen molar-refractivity contribution in [1.29, 1.82) is 5.26 Å². The predicted molar refractivity (Wildman–Crippen MR) is 72.5 cm³/mol. The number of benzene rings is 1. The Morgan fingerprint density at radius 3 is 2.84 bits per heavy atom. The molecule has 0 aliphatic carbocycles. The van der Waals surface area contributed by atoms with Gasteiger partial charge in [-0.3, -0.25) is 4.68 Å². The molecule has 1 aliphatic heterocycles. The van der Waals surface area contributed by atoms with Gasteiger partial charge < -0.3 is 4.90 Å². The lowest BCUT2D eigenvalue weighted by atomic mass is 9.85. The average molecular weight is 252 g/mol. The van der Waals surface area contributed by atoms with Crippen LogP contribution in [0.2, 0.25) is 0 Å². The molecule has 1 aliphatic rings. The SMILES string of the molecule is CN1Cc2ccccc2C(c2cnn(C)c2C#N)C1. The molecule has 0 N–H and O–H groups in total. The zero-order valence-electron chi connectivity index (χ0n) is 11.2. The van der Waals surface area contributed by atoms with Crippen LogP contribution in [0.25, 0.3) is 0 Å². The number of nitrogens with zero attached hydrogens (tertiary/aromatic N) is 4. The summed E-state index contributed by atoms with van der Waals surface area (Å²) in [6, 6.07) is 10.7. The number of rotatable bonds is 1. The quantitative estimate of drug-likeness (QED) is 0.778. The van der Waals surface area contributed by atoms with Crippen LogP contribution in [0.5, 0.6) is 0 Å². The molecule has 1 atom stereocenters. The van der Waals surface area contributed by atoms with Gasteiger partial charge in [0.1, 0.15) is 11.8 Å². The highest BCUT2D eigenvalue weighted by Gasteiger charge is 2.27. The first-order valence-electron chi connectivity index (χ1n) is 6.39. The zero-order chi connectivity index (χ0) is 13.4. The zero-order valence-corrected chi connectivity index (χ0v) is 11.2. The fourth-order valence-electron chi connectivity index (χ4n) is 2.90. The highest BCUT2D eigenvalue weighted by molar-refractivity contribution is 5.44. The first kappa shape index (κ1) is 11.9. The number of likely N-dealkylation sites (N-methyl/N-ethyl adjacent to an activating group) is 1. The molecule has 0 saturated heterocycles. The Balaban J connectivity index is 2.13. The lowest BCUT2D eigenvalue weighted by molar-refractivity contribution is 0.295. The Morgan fingerprint density at radius 1 is 1.26 bits per heavy atom. The van der Waals surface area contributed by atoms with Gasteiger partial charge in [0.15, 0.2) is 0 Å². The molecule has 0 bridgehead atoms. The number of aromatic nitrogens is 2. The minimum atomic E-state index is 0.235. The molecule has 4 nitrogen and oxygen atoms in total. The van der Waals surface area contributed by atoms with E-state index in [0.29, 0.717) is 5.69 Å². The monoisotopic (exact) mass is 252 g/mol. The van der Waals surface area contributed by atoms with Crippen LogP contribution in [-0.2, 0) is 13.6 Å². The van der Waals surface area contributed by atoms with Crippen molar-refractivity contribution in [3.05, 3.63) is 52.8 Å². The molecule has 0 fully saturated rings. The van der Waals surface area contributed by atoms with Crippen LogP contribution in [0.4, 0.5) is 0 Å². The van der Waals surface area contributed by atoms with Crippen molar-refractivity contribution in [2.24, 2.45) is 7.05 Å². The van der Waals surface area contributed by atoms with E-state index in [2.05, 4.69) is 47.4 Å². The van der Waals surface area contributed by atoms with E-state index >= 15 is 0 Å². The van der Waals surface area contributed by atoms with Crippen molar-refractivity contribution in [3.8, 4) is 6.07 Å². The standard InChI is InChI=1S/C15H16N4/c1-18-9-11-5-3-4-6-12(11)14(10-18)13-8-17-19(2)15(13)7-16/h3-6,8,14H,9-10H2,1-2H3. The highest BCUT2D eigenvalue weighted by atomic mass is 15.3. The van der Waals surface area contributed by atoms with Gasteiger partial charge in [-0.25, -0.2) is 0 Å². The summed E-state index contributed by atoms with van der Waals surface area (Å²) in [7, 11) is 3.94. The number of hydrogen-bond donors (Lipinski definition) is 0. The van der Waals surface area contributed by atoms with Gasteiger partial charge in [0.2, 0.25) is 0 Å². The van der Waals surface area contributed by atoms with Gasteiger partial charge in [-0.2, -0.15) is 10.4 Å². The number of aryl methyl sites for hydroxylation is 1. The second-order valence-corrected chi connectivity index (χ2v) is 5.13. The smallest absolute Gasteiger partial charge is 0.142 e. The topological polar surface area (TPSA) is 44.9 Å². The van der Waals surface area contributed by atoms with Gasteiger partial charge in [0.05, 0.1) is 6.20 Å². The molecule has 4 heteroatoms. The average Bonchev–Trinajstić information content (AvgIpc) is 2.78. The van der Waals surface area contributed by atoms with Crippen molar-refractivity contribution in [2.45, 2.75) is 12.5 Å². The minimum Gasteiger partial charge on any atom is -0.301 e. The Morgan fingerprint density at radius 2 is 2.05 bits per heavy atom. The molecule has 0 radical (unpaired) electrons. The molecule has 0 spiro atoms. The summed E-state index contributed by atoms with van der Waals surface area (Å²) in [4.78, 5) is 2.29. The molecule has 2 heterocycles. The van der Waals surface area contributed by atoms with Crippen molar-refractivity contribution in [1.82, 2.24) is 14.7 Å². The van der Waals surface area contributed by atoms with E-state index in [0.717, 1.165) is 18.7 Å². The first-order valence-corrected chi connectivity index (χ1v) is 6.39. The van der Waals surface area contributed by atoms with Crippen LogP contribution in [0.15, 0.2) is 30.5 Å². The Labute approximate surface area is 112 Å². The fourth-order valence-corrected chi connectivity index (χ4v) is 2.90. The van der Waals surface area contributed by atoms with Crippen LogP contribution >= 0.6 is 0 Å². The Hall–Kier alpha value is -2.12. The van der Waals surface area contributed by atoms with Crippen molar-refractivity contribution >= 4 is 0 Å². The lowest BCUT2D eigenvalue weighted by Crippen LogP contribution is -2.31. The lowest BCUT2D eigenvalue weighted by Gasteiger charge is -2.32. The molecule has 0 saturated carbocycles. The molecule has 2 aromatic rings. The summed E-state index contributed by atoms with van der Waals surface area (Å²) in [5.41, 5.74) is 4.36. The molecule has 1 unspecified atom stereocenters. The molecule has 1 aromatic carbocycles. The van der Waals surface area contributed by atoms with Gasteiger partial charge in [0, 0.05) is 31.6 Å². The van der Waals surface area contributed by atoms with E-state index in [-0.39, 0.29) is 5.92 Å². The first-order chi connectivity index (χ1) is 9.20. The summed E-state index contributed by atoms with van der Waals surface area (Å²) < 4.78 is 1.66. The van der Waals surface area contributed by atoms with Gasteiger partial charge in [-0.05, 0) is 18.2 Å². The van der Waals surface area contributed by atoms with Crippen LogP contribution in [0.1, 0.15) is 28.3 Å². The third-order valence-electron chi connectivity index (χ3n) is 3.81. The van der Waals surface area contributed by atoms with E-state index in [1.54, 1.807) is 4.68 Å². The van der Waals surface area contributed by atoms with Crippen molar-refractivity contribution < 1.29 is 0 Å². The summed E-state index contributed by atoms with van der Waals surface area (Å²) in [5, 5.41) is 13.5. The van der Waals surface area contributed by atoms with Crippen LogP contribution < -0.4 is 0 Å². The fraction of sp³-hybridized carbons (Fsp3) is 0.333. The van der Waals surface area contributed by atoms with E-state index in [1.165, 1.54) is 11.1 Å². The number of nitriles is 1. The van der Waals surface area contributed by atoms with E-state index in [1.807, 2.05) is 13.2 Å². The van der Waals surface area contributed by atoms with Crippen molar-refractivity contribution in [3.63, 3.8) is 0 Å². The van der Waals surface area contributed by atoms with E-state index in [9.17, 15) is 5.26 Å². The third-order valence-corrected chi connectivity index (χ3v) is 3.81. The van der Waals surface area contributed by atoms with E-state index in [4.69, 9.17) is 0 Å². The highest BCUT2D eigenvalue weighted by Crippen LogP contribution is 2.34. The van der Waals surface area contributed by atoms with Gasteiger partial charge >= 0.3 is 0 Å². The molecule has 96 valence electrons. The largest absolute Gasteiger partial charge is 0.301 e. The molecule has 3 rings (SSSR count). The Bertz CT molecular complexity index is 650. The van der Waals surface area contributed by atoms with E-state index < -0.39 is 0 Å². The third kappa shape index (κ3) is 1.92. The minimum absolute atomic E-state index is 0.235. The Kier molecular flexibility index (Phi) is 2.84. The summed E-state index contributed by atoms with van der Waals surface area (Å²) in [6.45, 7) is 1.90. The molecule has 1 aromatic heterocycles. The number of hydrogen-bond acceptors (Lipinski definition) is 3. The van der Waals surface area contributed by atoms with Gasteiger partial charge in [-0.15, -0.1) is 0 Å². The predicted octanol–water partition coefficient (Wildman–Crippen LogP) is 1.87. The molecular formula is C15H16N4. The maximum absolute atomic E-state index is 9.31. The maximum atomic E-state index is 9.31. The molecule has 19 heavy (non-hydrogen) atoms. The van der Waals surface area contributed by atoms with Crippen LogP contribution in [0.3, 0.4) is 0 Å². The number of fused-ring (bicyclic) bond motifs is 1. The normalized spacial score (nSPS) is 18.9. The van der Waals surface area contributed by atoms with Crippen molar-refractivity contribution in [2.75, 3.05) is 13.6 Å². The summed E-state index contributed by atoms with van der Waals surface area (Å²) in [6.07, 6.45) is 1.83. The second kappa shape index (κ2) is 4.52. The summed E-state index contributed by atoms with van der Waals surface area (Å²) >= 11 is 0. The van der Waals surface area contributed by atoms with Crippen LogP contribution in [-0.4, -0.2) is 28.3 Å². The summed E-state index contributed by atoms with van der Waals surface area (Å²) in [5.74, 6) is 0.235. The van der Waals surface area contributed by atoms with Crippen LogP contribution in [0, 0.1) is 11.3 Å².